The summed E-state index contributed by atoms with van der Waals surface area (Å²) in [5.41, 5.74) is -4.10. The molecule has 1 aromatic carbocycles. The van der Waals surface area contributed by atoms with Crippen molar-refractivity contribution in [3.05, 3.63) is 63.4 Å². The summed E-state index contributed by atoms with van der Waals surface area (Å²) < 4.78 is 58.8. The highest BCUT2D eigenvalue weighted by atomic mass is 31.2. The van der Waals surface area contributed by atoms with Crippen molar-refractivity contribution in [3.8, 4) is 5.75 Å². The molecule has 0 saturated carbocycles. The normalized spacial score (nSPS) is 34.8. The number of nitrogens with zero attached hydrogens (tertiary/aromatic N) is 1. The Morgan fingerprint density at radius 3 is 2.64 bits per heavy atom. The van der Waals surface area contributed by atoms with Gasteiger partial charge in [0.1, 0.15) is 11.9 Å². The van der Waals surface area contributed by atoms with Crippen LogP contribution in [0.15, 0.2) is 52.2 Å². The number of ether oxygens (including phenoxy) is 3. The van der Waals surface area contributed by atoms with Gasteiger partial charge < -0.3 is 23.8 Å². The largest absolute Gasteiger partial charge is 0.459 e. The fourth-order valence-corrected chi connectivity index (χ4v) is 5.81. The summed E-state index contributed by atoms with van der Waals surface area (Å²) in [4.78, 5) is 38.6. The van der Waals surface area contributed by atoms with Crippen LogP contribution in [0.4, 0.5) is 4.39 Å². The quantitative estimate of drug-likeness (QED) is 0.363. The monoisotopic (exact) mass is 571 g/mol. The number of hydrogen-bond acceptors (Lipinski definition) is 10. The van der Waals surface area contributed by atoms with E-state index in [2.05, 4.69) is 5.09 Å². The maximum Gasteiger partial charge on any atom is 0.459 e. The molecule has 0 bridgehead atoms. The van der Waals surface area contributed by atoms with Gasteiger partial charge >= 0.3 is 19.4 Å². The molecule has 2 saturated heterocycles. The first-order valence-electron chi connectivity index (χ1n) is 12.4. The summed E-state index contributed by atoms with van der Waals surface area (Å²) in [5, 5.41) is 13.0. The van der Waals surface area contributed by atoms with Gasteiger partial charge in [0.05, 0.1) is 12.6 Å². The predicted molar refractivity (Wildman–Crippen MR) is 134 cm³/mol. The zero-order valence-corrected chi connectivity index (χ0v) is 22.3. The maximum absolute atomic E-state index is 16.3. The molecule has 39 heavy (non-hydrogen) atoms. The summed E-state index contributed by atoms with van der Waals surface area (Å²) in [6, 6.07) is 8.17. The van der Waals surface area contributed by atoms with Gasteiger partial charge in [-0.2, -0.15) is 0 Å². The molecule has 214 valence electrons. The molecule has 0 amide bonds. The number of halogens is 1. The molecule has 15 heteroatoms. The molecule has 2 aliphatic rings. The van der Waals surface area contributed by atoms with Gasteiger partial charge in [0, 0.05) is 25.3 Å². The van der Waals surface area contributed by atoms with E-state index < -0.39 is 68.0 Å². The Kier molecular flexibility index (Phi) is 9.04. The zero-order valence-electron chi connectivity index (χ0n) is 21.4. The number of aliphatic hydroxyl groups is 1. The number of H-pyrrole nitrogens is 1. The van der Waals surface area contributed by atoms with E-state index in [9.17, 15) is 24.1 Å². The van der Waals surface area contributed by atoms with Gasteiger partial charge in [-0.3, -0.25) is 23.7 Å². The molecule has 3 heterocycles. The van der Waals surface area contributed by atoms with Gasteiger partial charge in [-0.05, 0) is 38.8 Å². The Balaban J connectivity index is 1.67. The number of aliphatic hydroxyl groups excluding tert-OH is 1. The second kappa shape index (κ2) is 12.1. The number of rotatable bonds is 3. The van der Waals surface area contributed by atoms with Gasteiger partial charge in [-0.25, -0.2) is 18.8 Å². The van der Waals surface area contributed by atoms with Gasteiger partial charge in [0.25, 0.3) is 5.56 Å². The average Bonchev–Trinajstić information content (AvgIpc) is 3.11. The minimum atomic E-state index is -4.28. The fourth-order valence-electron chi connectivity index (χ4n) is 4.26. The van der Waals surface area contributed by atoms with Crippen LogP contribution in [0.3, 0.4) is 0 Å². The highest BCUT2D eigenvalue weighted by molar-refractivity contribution is 7.52. The first-order valence-corrected chi connectivity index (χ1v) is 13.9. The molecule has 4 rings (SSSR count). The van der Waals surface area contributed by atoms with Crippen molar-refractivity contribution in [1.29, 1.82) is 0 Å². The number of benzene rings is 1. The zero-order chi connectivity index (χ0) is 28.2. The number of aromatic nitrogens is 2. The number of fused-ring (bicyclic) bond motifs is 1. The summed E-state index contributed by atoms with van der Waals surface area (Å²) in [6.07, 6.45) is -4.25. The summed E-state index contributed by atoms with van der Waals surface area (Å²) >= 11 is 0. The highest BCUT2D eigenvalue weighted by Crippen LogP contribution is 2.48. The molecule has 1 aromatic heterocycles. The Morgan fingerprint density at radius 1 is 1.18 bits per heavy atom. The van der Waals surface area contributed by atoms with Crippen molar-refractivity contribution < 1.29 is 42.1 Å². The second-order valence-corrected chi connectivity index (χ2v) is 11.1. The molecule has 0 radical (unpaired) electrons. The van der Waals surface area contributed by atoms with Crippen LogP contribution in [0.2, 0.25) is 0 Å². The smallest absolute Gasteiger partial charge is 0.456 e. The van der Waals surface area contributed by atoms with E-state index in [0.29, 0.717) is 12.8 Å². The van der Waals surface area contributed by atoms with Crippen LogP contribution < -0.4 is 20.9 Å². The molecule has 3 N–H and O–H groups in total. The molecule has 0 spiro atoms. The summed E-state index contributed by atoms with van der Waals surface area (Å²) in [6.45, 7) is 2.07. The molecule has 2 aromatic rings. The Morgan fingerprint density at radius 2 is 1.92 bits per heavy atom. The van der Waals surface area contributed by atoms with E-state index in [-0.39, 0.29) is 18.8 Å². The minimum Gasteiger partial charge on any atom is -0.456 e. The van der Waals surface area contributed by atoms with Crippen molar-refractivity contribution in [2.24, 2.45) is 0 Å². The lowest BCUT2D eigenvalue weighted by Gasteiger charge is -2.28. The van der Waals surface area contributed by atoms with Crippen molar-refractivity contribution >= 4 is 13.7 Å². The first kappa shape index (κ1) is 29.1. The van der Waals surface area contributed by atoms with Gasteiger partial charge in [0.2, 0.25) is 0 Å². The predicted octanol–water partition coefficient (Wildman–Crippen LogP) is 1.77. The summed E-state index contributed by atoms with van der Waals surface area (Å²) in [5.74, 6) is -0.560. The number of esters is 1. The number of carbonyl (C=O) groups is 1. The van der Waals surface area contributed by atoms with Crippen molar-refractivity contribution in [2.45, 2.75) is 69.5 Å². The molecule has 13 nitrogen and oxygen atoms in total. The number of alkyl halides is 1. The minimum absolute atomic E-state index is 0.0771. The number of nitrogens with one attached hydrogen (secondary N) is 2. The first-order chi connectivity index (χ1) is 18.5. The number of carbonyl (C=O) groups excluding carboxylic acids is 1. The van der Waals surface area contributed by atoms with Gasteiger partial charge in [-0.15, -0.1) is 0 Å². The van der Waals surface area contributed by atoms with E-state index in [0.717, 1.165) is 23.8 Å². The van der Waals surface area contributed by atoms with E-state index in [4.69, 9.17) is 23.3 Å². The highest BCUT2D eigenvalue weighted by Gasteiger charge is 2.58. The van der Waals surface area contributed by atoms with Crippen LogP contribution in [-0.4, -0.2) is 64.0 Å². The Labute approximate surface area is 222 Å². The molecule has 0 aliphatic carbocycles. The van der Waals surface area contributed by atoms with Crippen LogP contribution in [0.1, 0.15) is 39.3 Å². The molecular weight excluding hydrogens is 540 g/mol. The van der Waals surface area contributed by atoms with Gasteiger partial charge in [-0.1, -0.05) is 18.2 Å². The SMILES string of the molecule is C[C@@H]1N[P@](=O)(Oc2ccccc2)OC[C@H]2O[C@@H](n3ccc(=O)[nH]c3=O)[C@](C)(F)[C@@H]2OC(=O)CCCCOC1O. The lowest BCUT2D eigenvalue weighted by Crippen LogP contribution is -2.46. The fraction of sp³-hybridized carbons (Fsp3) is 0.542. The van der Waals surface area contributed by atoms with Crippen LogP contribution in [-0.2, 0) is 28.1 Å². The average molecular weight is 571 g/mol. The van der Waals surface area contributed by atoms with Crippen molar-refractivity contribution in [3.63, 3.8) is 0 Å². The van der Waals surface area contributed by atoms with E-state index in [1.165, 1.54) is 19.1 Å². The standard InChI is InChI=1S/C24H31FN3O10P/c1-15-21(31)34-13-7-6-10-19(30)37-20-17(14-35-39(33,27-15)38-16-8-4-3-5-9-16)36-22(24(20,2)25)28-12-11-18(29)26-23(28)32/h3-5,8-9,11-12,15,17,20-22,31H,6-7,10,13-14H2,1-2H3,(H,27,33)(H,26,29,32)/t15-,17+,20+,21?,22+,24+,39+/m0/s1. The second-order valence-electron chi connectivity index (χ2n) is 9.44. The third kappa shape index (κ3) is 7.02. The number of para-hydroxylation sites is 1. The third-order valence-electron chi connectivity index (χ3n) is 6.27. The van der Waals surface area contributed by atoms with Crippen LogP contribution in [0.25, 0.3) is 0 Å². The molecule has 2 aliphatic heterocycles. The van der Waals surface area contributed by atoms with E-state index in [1.807, 2.05) is 4.98 Å². The number of aromatic amines is 1. The molecule has 1 unspecified atom stereocenters. The molecular formula is C24H31FN3O10P. The van der Waals surface area contributed by atoms with Crippen LogP contribution >= 0.6 is 7.75 Å². The lowest BCUT2D eigenvalue weighted by molar-refractivity contribution is -0.158. The lowest BCUT2D eigenvalue weighted by atomic mass is 9.98. The van der Waals surface area contributed by atoms with Gasteiger partial charge in [0.15, 0.2) is 24.3 Å². The van der Waals surface area contributed by atoms with Crippen molar-refractivity contribution in [1.82, 2.24) is 14.6 Å². The third-order valence-corrected chi connectivity index (χ3v) is 7.94. The Hall–Kier alpha value is -2.87. The number of hydrogen-bond donors (Lipinski definition) is 3. The Bertz CT molecular complexity index is 1300. The van der Waals surface area contributed by atoms with E-state index >= 15 is 4.39 Å². The maximum atomic E-state index is 16.3. The summed E-state index contributed by atoms with van der Waals surface area (Å²) in [7, 11) is -4.28. The van der Waals surface area contributed by atoms with Crippen molar-refractivity contribution in [2.75, 3.05) is 13.2 Å². The van der Waals surface area contributed by atoms with Crippen LogP contribution in [0, 0.1) is 0 Å². The molecule has 2 fully saturated rings. The topological polar surface area (TPSA) is 167 Å². The molecule has 7 atom stereocenters. The van der Waals surface area contributed by atoms with Crippen LogP contribution in [0.5, 0.6) is 5.75 Å². The van der Waals surface area contributed by atoms with E-state index in [1.54, 1.807) is 18.2 Å².